The van der Waals surface area contributed by atoms with Crippen molar-refractivity contribution in [3.63, 3.8) is 0 Å². The first-order valence-corrected chi connectivity index (χ1v) is 6.32. The average molecular weight is 268 g/mol. The third-order valence-corrected chi connectivity index (χ3v) is 4.14. The highest BCUT2D eigenvalue weighted by molar-refractivity contribution is 6.42. The minimum Gasteiger partial charge on any atom is -0.347 e. The highest BCUT2D eigenvalue weighted by atomic mass is 35.5. The Morgan fingerprint density at radius 2 is 1.82 bits per heavy atom. The second-order valence-corrected chi connectivity index (χ2v) is 5.15. The summed E-state index contributed by atoms with van der Waals surface area (Å²) in [7, 11) is 0. The summed E-state index contributed by atoms with van der Waals surface area (Å²) >= 11 is 12.2. The molecule has 1 heterocycles. The molecule has 0 spiro atoms. The fourth-order valence-electron chi connectivity index (χ4n) is 1.95. The molecule has 0 N–H and O–H groups in total. The van der Waals surface area contributed by atoms with Gasteiger partial charge >= 0.3 is 0 Å². The maximum Gasteiger partial charge on any atom is 0.0642 e. The second kappa shape index (κ2) is 4.75. The lowest BCUT2D eigenvalue weighted by molar-refractivity contribution is 0.773. The van der Waals surface area contributed by atoms with E-state index in [1.54, 1.807) is 0 Å². The Morgan fingerprint density at radius 1 is 1.12 bits per heavy atom. The van der Waals surface area contributed by atoms with Crippen molar-refractivity contribution in [3.05, 3.63) is 56.8 Å². The summed E-state index contributed by atoms with van der Waals surface area (Å²) in [5.74, 6) is 0. The van der Waals surface area contributed by atoms with Crippen molar-refractivity contribution in [1.29, 1.82) is 0 Å². The van der Waals surface area contributed by atoms with Gasteiger partial charge in [-0.2, -0.15) is 0 Å². The molecule has 0 amide bonds. The zero-order chi connectivity index (χ0) is 12.6. The van der Waals surface area contributed by atoms with Crippen molar-refractivity contribution < 1.29 is 0 Å². The monoisotopic (exact) mass is 267 g/mol. The summed E-state index contributed by atoms with van der Waals surface area (Å²) in [5.41, 5.74) is 4.97. The summed E-state index contributed by atoms with van der Waals surface area (Å²) in [6, 6.07) is 5.76. The zero-order valence-corrected chi connectivity index (χ0v) is 11.7. The molecule has 0 aliphatic carbocycles. The van der Waals surface area contributed by atoms with E-state index in [0.717, 1.165) is 12.1 Å². The van der Waals surface area contributed by atoms with Crippen LogP contribution in [0.15, 0.2) is 24.4 Å². The fraction of sp³-hybridized carbons (Fsp3) is 0.286. The molecule has 0 fully saturated rings. The predicted octanol–water partition coefficient (Wildman–Crippen LogP) is 4.77. The number of aromatic nitrogens is 1. The average Bonchev–Trinajstić information content (AvgIpc) is 2.53. The van der Waals surface area contributed by atoms with E-state index in [-0.39, 0.29) is 0 Å². The van der Waals surface area contributed by atoms with Crippen LogP contribution in [-0.2, 0) is 6.54 Å². The number of aryl methyl sites for hydroxylation is 1. The molecule has 3 heteroatoms. The van der Waals surface area contributed by atoms with Crippen molar-refractivity contribution in [2.24, 2.45) is 0 Å². The van der Waals surface area contributed by atoms with Crippen LogP contribution < -0.4 is 0 Å². The smallest absolute Gasteiger partial charge is 0.0642 e. The molecule has 0 saturated heterocycles. The van der Waals surface area contributed by atoms with Crippen molar-refractivity contribution in [2.45, 2.75) is 27.3 Å². The largest absolute Gasteiger partial charge is 0.347 e. The Morgan fingerprint density at radius 3 is 2.41 bits per heavy atom. The van der Waals surface area contributed by atoms with Crippen LogP contribution >= 0.6 is 23.2 Å². The van der Waals surface area contributed by atoms with Gasteiger partial charge in [0.15, 0.2) is 0 Å². The van der Waals surface area contributed by atoms with Crippen LogP contribution in [0.1, 0.15) is 22.4 Å². The van der Waals surface area contributed by atoms with E-state index in [1.807, 2.05) is 18.2 Å². The minimum absolute atomic E-state index is 0.613. The third kappa shape index (κ3) is 2.36. The standard InChI is InChI=1S/C14H15Cl2N/c1-9-7-17(11(3)10(9)2)8-12-5-4-6-13(15)14(12)16/h4-7H,8H2,1-3H3. The van der Waals surface area contributed by atoms with Crippen LogP contribution in [-0.4, -0.2) is 4.57 Å². The molecule has 0 unspecified atom stereocenters. The SMILES string of the molecule is Cc1cn(Cc2cccc(Cl)c2Cl)c(C)c1C. The van der Waals surface area contributed by atoms with Gasteiger partial charge in [0, 0.05) is 18.4 Å². The van der Waals surface area contributed by atoms with Gasteiger partial charge in [0.05, 0.1) is 10.0 Å². The lowest BCUT2D eigenvalue weighted by Crippen LogP contribution is -2.01. The number of halogens is 2. The molecule has 0 bridgehead atoms. The summed E-state index contributed by atoms with van der Waals surface area (Å²) in [6.45, 7) is 7.15. The normalized spacial score (nSPS) is 10.9. The third-order valence-electron chi connectivity index (χ3n) is 3.29. The van der Waals surface area contributed by atoms with Crippen LogP contribution in [0.3, 0.4) is 0 Å². The van der Waals surface area contributed by atoms with Gasteiger partial charge in [-0.1, -0.05) is 35.3 Å². The van der Waals surface area contributed by atoms with Crippen LogP contribution in [0.25, 0.3) is 0 Å². The van der Waals surface area contributed by atoms with Gasteiger partial charge in [0.25, 0.3) is 0 Å². The summed E-state index contributed by atoms with van der Waals surface area (Å²) < 4.78 is 2.21. The van der Waals surface area contributed by atoms with Crippen LogP contribution in [0.4, 0.5) is 0 Å². The molecule has 0 saturated carbocycles. The molecule has 0 aliphatic heterocycles. The summed E-state index contributed by atoms with van der Waals surface area (Å²) in [5, 5.41) is 1.26. The molecule has 90 valence electrons. The molecule has 0 radical (unpaired) electrons. The van der Waals surface area contributed by atoms with Gasteiger partial charge < -0.3 is 4.57 Å². The number of hydrogen-bond donors (Lipinski definition) is 0. The molecule has 0 aliphatic rings. The Bertz CT molecular complexity index is 556. The van der Waals surface area contributed by atoms with Crippen molar-refractivity contribution >= 4 is 23.2 Å². The van der Waals surface area contributed by atoms with Gasteiger partial charge in [0.2, 0.25) is 0 Å². The maximum absolute atomic E-state index is 6.20. The first-order chi connectivity index (χ1) is 8.00. The Kier molecular flexibility index (Phi) is 3.50. The van der Waals surface area contributed by atoms with Gasteiger partial charge in [-0.15, -0.1) is 0 Å². The van der Waals surface area contributed by atoms with Crippen molar-refractivity contribution in [1.82, 2.24) is 4.57 Å². The Hall–Kier alpha value is -0.920. The minimum atomic E-state index is 0.613. The molecule has 1 aromatic carbocycles. The van der Waals surface area contributed by atoms with E-state index >= 15 is 0 Å². The predicted molar refractivity (Wildman–Crippen MR) is 74.2 cm³/mol. The van der Waals surface area contributed by atoms with Gasteiger partial charge in [0.1, 0.15) is 0 Å². The molecular weight excluding hydrogens is 253 g/mol. The van der Waals surface area contributed by atoms with E-state index in [4.69, 9.17) is 23.2 Å². The summed E-state index contributed by atoms with van der Waals surface area (Å²) in [4.78, 5) is 0. The first-order valence-electron chi connectivity index (χ1n) is 5.56. The van der Waals surface area contributed by atoms with Gasteiger partial charge in [-0.3, -0.25) is 0 Å². The van der Waals surface area contributed by atoms with Crippen LogP contribution in [0.5, 0.6) is 0 Å². The van der Waals surface area contributed by atoms with Crippen LogP contribution in [0, 0.1) is 20.8 Å². The van der Waals surface area contributed by atoms with E-state index in [9.17, 15) is 0 Å². The lowest BCUT2D eigenvalue weighted by Gasteiger charge is -2.09. The first kappa shape index (κ1) is 12.5. The van der Waals surface area contributed by atoms with Crippen LogP contribution in [0.2, 0.25) is 10.0 Å². The van der Waals surface area contributed by atoms with E-state index in [2.05, 4.69) is 31.5 Å². The number of nitrogens with zero attached hydrogens (tertiary/aromatic N) is 1. The highest BCUT2D eigenvalue weighted by Gasteiger charge is 2.09. The van der Waals surface area contributed by atoms with Gasteiger partial charge in [-0.05, 0) is 43.5 Å². The number of hydrogen-bond acceptors (Lipinski definition) is 0. The lowest BCUT2D eigenvalue weighted by atomic mass is 10.2. The molecular formula is C14H15Cl2N. The molecule has 0 atom stereocenters. The molecule has 1 nitrogen and oxygen atoms in total. The van der Waals surface area contributed by atoms with Crippen molar-refractivity contribution in [3.8, 4) is 0 Å². The molecule has 2 aromatic rings. The number of benzene rings is 1. The maximum atomic E-state index is 6.20. The second-order valence-electron chi connectivity index (χ2n) is 4.36. The number of rotatable bonds is 2. The molecule has 17 heavy (non-hydrogen) atoms. The van der Waals surface area contributed by atoms with Gasteiger partial charge in [-0.25, -0.2) is 0 Å². The molecule has 2 rings (SSSR count). The molecule has 1 aromatic heterocycles. The summed E-state index contributed by atoms with van der Waals surface area (Å²) in [6.07, 6.45) is 2.15. The Balaban J connectivity index is 2.38. The Labute approximate surface area is 112 Å². The fourth-order valence-corrected chi connectivity index (χ4v) is 2.33. The van der Waals surface area contributed by atoms with E-state index in [0.29, 0.717) is 10.0 Å². The van der Waals surface area contributed by atoms with E-state index < -0.39 is 0 Å². The van der Waals surface area contributed by atoms with Crippen molar-refractivity contribution in [2.75, 3.05) is 0 Å². The van der Waals surface area contributed by atoms with E-state index in [1.165, 1.54) is 16.8 Å². The topological polar surface area (TPSA) is 4.93 Å². The zero-order valence-electron chi connectivity index (χ0n) is 10.2. The highest BCUT2D eigenvalue weighted by Crippen LogP contribution is 2.27. The quantitative estimate of drug-likeness (QED) is 0.739.